The highest BCUT2D eigenvalue weighted by molar-refractivity contribution is 7.89. The molecular formula is C13H22N2O2S. The van der Waals surface area contributed by atoms with Crippen LogP contribution < -0.4 is 10.5 Å². The Balaban J connectivity index is 2.66. The van der Waals surface area contributed by atoms with Crippen molar-refractivity contribution in [3.05, 3.63) is 23.8 Å². The fourth-order valence-corrected chi connectivity index (χ4v) is 3.09. The second kappa shape index (κ2) is 6.75. The van der Waals surface area contributed by atoms with Crippen LogP contribution in [-0.4, -0.2) is 15.0 Å². The summed E-state index contributed by atoms with van der Waals surface area (Å²) in [5, 5.41) is 0. The van der Waals surface area contributed by atoms with E-state index in [1.54, 1.807) is 19.1 Å². The number of nitrogen functional groups attached to an aromatic ring is 1. The van der Waals surface area contributed by atoms with E-state index < -0.39 is 10.0 Å². The van der Waals surface area contributed by atoms with E-state index >= 15 is 0 Å². The fraction of sp³-hybridized carbons (Fsp3) is 0.538. The first-order valence-electron chi connectivity index (χ1n) is 6.33. The molecule has 4 nitrogen and oxygen atoms in total. The summed E-state index contributed by atoms with van der Waals surface area (Å²) in [7, 11) is -3.43. The van der Waals surface area contributed by atoms with Crippen molar-refractivity contribution >= 4 is 15.7 Å². The molecule has 0 heterocycles. The van der Waals surface area contributed by atoms with Crippen LogP contribution in [-0.2, 0) is 10.0 Å². The van der Waals surface area contributed by atoms with E-state index in [1.165, 1.54) is 6.07 Å². The smallest absolute Gasteiger partial charge is 0.240 e. The number of benzene rings is 1. The second-order valence-electron chi connectivity index (χ2n) is 4.48. The molecule has 18 heavy (non-hydrogen) atoms. The minimum absolute atomic E-state index is 0.276. The van der Waals surface area contributed by atoms with Gasteiger partial charge in [-0.1, -0.05) is 32.3 Å². The molecule has 0 fully saturated rings. The third-order valence-electron chi connectivity index (χ3n) is 2.82. The molecule has 0 aromatic heterocycles. The molecule has 1 aromatic rings. The highest BCUT2D eigenvalue weighted by Gasteiger charge is 2.16. The molecule has 0 amide bonds. The van der Waals surface area contributed by atoms with Gasteiger partial charge in [-0.3, -0.25) is 0 Å². The largest absolute Gasteiger partial charge is 0.399 e. The molecule has 3 N–H and O–H groups in total. The number of unbranched alkanes of at least 4 members (excludes halogenated alkanes) is 3. The van der Waals surface area contributed by atoms with Crippen molar-refractivity contribution in [2.24, 2.45) is 0 Å². The Morgan fingerprint density at radius 1 is 1.22 bits per heavy atom. The Morgan fingerprint density at radius 3 is 2.61 bits per heavy atom. The number of hydrogen-bond acceptors (Lipinski definition) is 3. The Bertz CT molecular complexity index is 484. The summed E-state index contributed by atoms with van der Waals surface area (Å²) in [6.45, 7) is 4.38. The Kier molecular flexibility index (Phi) is 5.62. The van der Waals surface area contributed by atoms with Gasteiger partial charge in [0, 0.05) is 12.2 Å². The molecule has 1 rings (SSSR count). The third-order valence-corrected chi connectivity index (χ3v) is 4.43. The first-order valence-corrected chi connectivity index (χ1v) is 7.81. The van der Waals surface area contributed by atoms with Gasteiger partial charge in [-0.15, -0.1) is 0 Å². The van der Waals surface area contributed by atoms with E-state index in [-0.39, 0.29) is 4.90 Å². The van der Waals surface area contributed by atoms with Gasteiger partial charge < -0.3 is 5.73 Å². The molecule has 0 radical (unpaired) electrons. The predicted octanol–water partition coefficient (Wildman–Crippen LogP) is 2.44. The maximum Gasteiger partial charge on any atom is 0.240 e. The summed E-state index contributed by atoms with van der Waals surface area (Å²) in [6, 6.07) is 4.93. The number of nitrogens with two attached hydrogens (primary N) is 1. The lowest BCUT2D eigenvalue weighted by Crippen LogP contribution is -2.25. The van der Waals surface area contributed by atoms with Gasteiger partial charge in [-0.2, -0.15) is 0 Å². The van der Waals surface area contributed by atoms with Gasteiger partial charge in [0.2, 0.25) is 10.0 Å². The van der Waals surface area contributed by atoms with Crippen LogP contribution in [0, 0.1) is 6.92 Å². The summed E-state index contributed by atoms with van der Waals surface area (Å²) in [5.41, 5.74) is 6.80. The molecule has 0 unspecified atom stereocenters. The lowest BCUT2D eigenvalue weighted by molar-refractivity contribution is 0.573. The number of hydrogen-bond donors (Lipinski definition) is 2. The molecular weight excluding hydrogens is 248 g/mol. The SMILES string of the molecule is CCCCCCNS(=O)(=O)c1cc(N)ccc1C. The molecule has 0 saturated carbocycles. The average Bonchev–Trinajstić information content (AvgIpc) is 2.32. The normalized spacial score (nSPS) is 11.7. The molecule has 102 valence electrons. The van der Waals surface area contributed by atoms with Crippen molar-refractivity contribution in [1.29, 1.82) is 0 Å². The summed E-state index contributed by atoms with van der Waals surface area (Å²) in [5.74, 6) is 0. The third kappa shape index (κ3) is 4.31. The van der Waals surface area contributed by atoms with Crippen molar-refractivity contribution in [2.75, 3.05) is 12.3 Å². The van der Waals surface area contributed by atoms with Crippen molar-refractivity contribution in [3.63, 3.8) is 0 Å². The van der Waals surface area contributed by atoms with E-state index in [1.807, 2.05) is 0 Å². The maximum atomic E-state index is 12.1. The lowest BCUT2D eigenvalue weighted by atomic mass is 10.2. The quantitative estimate of drug-likeness (QED) is 0.590. The van der Waals surface area contributed by atoms with Gasteiger partial charge in [0.1, 0.15) is 0 Å². The van der Waals surface area contributed by atoms with Gasteiger partial charge in [0.25, 0.3) is 0 Å². The van der Waals surface area contributed by atoms with Crippen LogP contribution in [0.3, 0.4) is 0 Å². The topological polar surface area (TPSA) is 72.2 Å². The average molecular weight is 270 g/mol. The number of anilines is 1. The Hall–Kier alpha value is -1.07. The number of rotatable bonds is 7. The number of sulfonamides is 1. The zero-order valence-electron chi connectivity index (χ0n) is 11.1. The summed E-state index contributed by atoms with van der Waals surface area (Å²) >= 11 is 0. The first-order chi connectivity index (χ1) is 8.47. The minimum Gasteiger partial charge on any atom is -0.399 e. The maximum absolute atomic E-state index is 12.1. The van der Waals surface area contributed by atoms with E-state index in [4.69, 9.17) is 5.73 Å². The van der Waals surface area contributed by atoms with E-state index in [2.05, 4.69) is 11.6 Å². The van der Waals surface area contributed by atoms with E-state index in [0.29, 0.717) is 17.8 Å². The van der Waals surface area contributed by atoms with Crippen molar-refractivity contribution in [2.45, 2.75) is 44.4 Å². The van der Waals surface area contributed by atoms with Crippen LogP contribution in [0.5, 0.6) is 0 Å². The zero-order valence-corrected chi connectivity index (χ0v) is 11.9. The van der Waals surface area contributed by atoms with Crippen LogP contribution in [0.15, 0.2) is 23.1 Å². The fourth-order valence-electron chi connectivity index (χ4n) is 1.74. The first kappa shape index (κ1) is 15.0. The molecule has 0 atom stereocenters. The summed E-state index contributed by atoms with van der Waals surface area (Å²) < 4.78 is 26.8. The van der Waals surface area contributed by atoms with Crippen LogP contribution in [0.25, 0.3) is 0 Å². The van der Waals surface area contributed by atoms with Crippen LogP contribution in [0.4, 0.5) is 5.69 Å². The van der Waals surface area contributed by atoms with Gasteiger partial charge >= 0.3 is 0 Å². The highest BCUT2D eigenvalue weighted by Crippen LogP contribution is 2.18. The Morgan fingerprint density at radius 2 is 1.94 bits per heavy atom. The van der Waals surface area contributed by atoms with Crippen molar-refractivity contribution in [3.8, 4) is 0 Å². The van der Waals surface area contributed by atoms with Crippen molar-refractivity contribution < 1.29 is 8.42 Å². The second-order valence-corrected chi connectivity index (χ2v) is 6.22. The molecule has 0 aliphatic rings. The van der Waals surface area contributed by atoms with Gasteiger partial charge in [0.05, 0.1) is 4.90 Å². The summed E-state index contributed by atoms with van der Waals surface area (Å²) in [4.78, 5) is 0.276. The van der Waals surface area contributed by atoms with Crippen LogP contribution >= 0.6 is 0 Å². The van der Waals surface area contributed by atoms with Gasteiger partial charge in [-0.05, 0) is 31.0 Å². The molecule has 0 aliphatic heterocycles. The molecule has 0 bridgehead atoms. The van der Waals surface area contributed by atoms with Crippen LogP contribution in [0.2, 0.25) is 0 Å². The van der Waals surface area contributed by atoms with Gasteiger partial charge in [0.15, 0.2) is 0 Å². The summed E-state index contributed by atoms with van der Waals surface area (Å²) in [6.07, 6.45) is 4.20. The van der Waals surface area contributed by atoms with E-state index in [9.17, 15) is 8.42 Å². The monoisotopic (exact) mass is 270 g/mol. The van der Waals surface area contributed by atoms with Crippen molar-refractivity contribution in [1.82, 2.24) is 4.72 Å². The lowest BCUT2D eigenvalue weighted by Gasteiger charge is -2.09. The molecule has 0 saturated heterocycles. The van der Waals surface area contributed by atoms with E-state index in [0.717, 1.165) is 25.7 Å². The molecule has 1 aromatic carbocycles. The minimum atomic E-state index is -3.43. The van der Waals surface area contributed by atoms with Gasteiger partial charge in [-0.25, -0.2) is 13.1 Å². The number of aryl methyl sites for hydroxylation is 1. The standard InChI is InChI=1S/C13H22N2O2S/c1-3-4-5-6-9-15-18(16,17)13-10-12(14)8-7-11(13)2/h7-8,10,15H,3-6,9,14H2,1-2H3. The van der Waals surface area contributed by atoms with Crippen LogP contribution in [0.1, 0.15) is 38.2 Å². The zero-order chi connectivity index (χ0) is 13.6. The molecule has 5 heteroatoms. The molecule has 0 spiro atoms. The highest BCUT2D eigenvalue weighted by atomic mass is 32.2. The predicted molar refractivity (Wildman–Crippen MR) is 74.9 cm³/mol. The molecule has 0 aliphatic carbocycles. The Labute approximate surface area is 110 Å². The number of nitrogens with one attached hydrogen (secondary N) is 1.